The number of amides is 2. The molecule has 7 nitrogen and oxygen atoms in total. The van der Waals surface area contributed by atoms with Crippen molar-refractivity contribution in [2.24, 2.45) is 0 Å². The third-order valence-corrected chi connectivity index (χ3v) is 8.01. The van der Waals surface area contributed by atoms with E-state index in [1.54, 1.807) is 14.2 Å². The number of carbonyl (C=O) groups is 1. The van der Waals surface area contributed by atoms with Crippen molar-refractivity contribution in [3.05, 3.63) is 69.9 Å². The molecule has 0 saturated carbocycles. The number of benzene rings is 1. The summed E-state index contributed by atoms with van der Waals surface area (Å²) in [6.45, 7) is 3.80. The van der Waals surface area contributed by atoms with Crippen LogP contribution in [0.4, 0.5) is 4.79 Å². The van der Waals surface area contributed by atoms with E-state index in [-0.39, 0.29) is 12.1 Å². The average Bonchev–Trinajstić information content (AvgIpc) is 3.43. The van der Waals surface area contributed by atoms with Gasteiger partial charge in [0.05, 0.1) is 25.4 Å². The number of rotatable bonds is 6. The van der Waals surface area contributed by atoms with Crippen LogP contribution in [0, 0.1) is 0 Å². The molecule has 5 rings (SSSR count). The van der Waals surface area contributed by atoms with Gasteiger partial charge >= 0.3 is 6.03 Å². The van der Waals surface area contributed by atoms with E-state index in [1.165, 1.54) is 21.0 Å². The zero-order valence-corrected chi connectivity index (χ0v) is 20.9. The number of hydrogen-bond acceptors (Lipinski definition) is 5. The van der Waals surface area contributed by atoms with Crippen LogP contribution < -0.4 is 10.1 Å². The Morgan fingerprint density at radius 2 is 1.97 bits per heavy atom. The highest BCUT2D eigenvalue weighted by Crippen LogP contribution is 2.43. The predicted molar refractivity (Wildman–Crippen MR) is 134 cm³/mol. The summed E-state index contributed by atoms with van der Waals surface area (Å²) in [6.07, 6.45) is 3.94. The van der Waals surface area contributed by atoms with Gasteiger partial charge in [0.25, 0.3) is 0 Å². The largest absolute Gasteiger partial charge is 0.497 e. The van der Waals surface area contributed by atoms with E-state index in [9.17, 15) is 4.79 Å². The first-order valence-corrected chi connectivity index (χ1v) is 12.6. The molecule has 0 aliphatic carbocycles. The van der Waals surface area contributed by atoms with Gasteiger partial charge in [-0.3, -0.25) is 0 Å². The van der Waals surface area contributed by atoms with Crippen molar-refractivity contribution < 1.29 is 14.3 Å². The zero-order chi connectivity index (χ0) is 23.7. The van der Waals surface area contributed by atoms with E-state index in [0.717, 1.165) is 42.9 Å². The van der Waals surface area contributed by atoms with E-state index >= 15 is 0 Å². The summed E-state index contributed by atoms with van der Waals surface area (Å²) in [4.78, 5) is 19.4. The van der Waals surface area contributed by atoms with Crippen molar-refractivity contribution in [2.75, 3.05) is 41.0 Å². The summed E-state index contributed by atoms with van der Waals surface area (Å²) in [7, 11) is 5.53. The zero-order valence-electron chi connectivity index (χ0n) is 20.0. The Morgan fingerprint density at radius 1 is 1.15 bits per heavy atom. The quantitative estimate of drug-likeness (QED) is 0.538. The van der Waals surface area contributed by atoms with Gasteiger partial charge in [0.1, 0.15) is 10.8 Å². The summed E-state index contributed by atoms with van der Waals surface area (Å²) < 4.78 is 12.8. The molecule has 2 aliphatic rings. The number of hydrogen-bond donors (Lipinski definition) is 1. The fourth-order valence-electron chi connectivity index (χ4n) is 5.00. The van der Waals surface area contributed by atoms with Gasteiger partial charge in [-0.25, -0.2) is 4.79 Å². The molecule has 8 heteroatoms. The fourth-order valence-corrected chi connectivity index (χ4v) is 6.44. The van der Waals surface area contributed by atoms with Crippen LogP contribution in [-0.2, 0) is 24.2 Å². The minimum absolute atomic E-state index is 0.0506. The number of urea groups is 1. The summed E-state index contributed by atoms with van der Waals surface area (Å²) in [5, 5.41) is 4.38. The molecule has 34 heavy (non-hydrogen) atoms. The molecule has 0 saturated heterocycles. The number of carbonyl (C=O) groups excluding carboxylic acids is 1. The normalized spacial score (nSPS) is 17.5. The maximum atomic E-state index is 13.6. The molecule has 0 spiro atoms. The molecule has 4 heterocycles. The molecule has 1 atom stereocenters. The molecule has 2 amide bonds. The van der Waals surface area contributed by atoms with E-state index in [1.807, 2.05) is 28.4 Å². The molecule has 0 unspecified atom stereocenters. The average molecular weight is 481 g/mol. The van der Waals surface area contributed by atoms with Crippen molar-refractivity contribution in [3.63, 3.8) is 0 Å². The number of thiophene rings is 1. The standard InChI is InChI=1S/C26H32N4O3S/c1-28-14-11-20-21-16-30(26(31)27-12-5-15-32-2)24(18-7-9-19(33-3)10-8-18)22-6-4-13-29(22)25(21)34-23(20)17-28/h4,6-10,13,24H,5,11-12,14-17H2,1-3H3,(H,27,31)/t24-/m1/s1. The topological polar surface area (TPSA) is 59.0 Å². The second kappa shape index (κ2) is 9.82. The molecule has 0 radical (unpaired) electrons. The minimum Gasteiger partial charge on any atom is -0.497 e. The van der Waals surface area contributed by atoms with Crippen LogP contribution in [0.15, 0.2) is 42.6 Å². The minimum atomic E-state index is -0.204. The van der Waals surface area contributed by atoms with Gasteiger partial charge < -0.3 is 29.2 Å². The molecule has 180 valence electrons. The van der Waals surface area contributed by atoms with Crippen LogP contribution in [-0.4, -0.2) is 61.4 Å². The van der Waals surface area contributed by atoms with Crippen LogP contribution >= 0.6 is 11.3 Å². The lowest BCUT2D eigenvalue weighted by atomic mass is 10.00. The monoisotopic (exact) mass is 480 g/mol. The van der Waals surface area contributed by atoms with Crippen LogP contribution in [0.1, 0.15) is 39.7 Å². The van der Waals surface area contributed by atoms with Gasteiger partial charge in [-0.05, 0) is 55.3 Å². The van der Waals surface area contributed by atoms with E-state index in [2.05, 4.69) is 52.3 Å². The second-order valence-electron chi connectivity index (χ2n) is 8.96. The second-order valence-corrected chi connectivity index (χ2v) is 10.0. The third kappa shape index (κ3) is 4.21. The SMILES string of the molecule is COCCCNC(=O)N1Cc2c(sc3c2CCN(C)C3)-n2cccc2[C@H]1c1ccc(OC)cc1. The maximum Gasteiger partial charge on any atom is 0.318 e. The Balaban J connectivity index is 1.59. The van der Waals surface area contributed by atoms with Crippen LogP contribution in [0.25, 0.3) is 5.00 Å². The molecular formula is C26H32N4O3S. The molecule has 1 N–H and O–H groups in total. The van der Waals surface area contributed by atoms with Gasteiger partial charge in [-0.15, -0.1) is 11.3 Å². The lowest BCUT2D eigenvalue weighted by Crippen LogP contribution is -2.42. The van der Waals surface area contributed by atoms with Gasteiger partial charge in [-0.1, -0.05) is 12.1 Å². The molecule has 2 aliphatic heterocycles. The smallest absolute Gasteiger partial charge is 0.318 e. The van der Waals surface area contributed by atoms with Crippen LogP contribution in [0.3, 0.4) is 0 Å². The third-order valence-electron chi connectivity index (χ3n) is 6.75. The number of nitrogens with zero attached hydrogens (tertiary/aromatic N) is 3. The van der Waals surface area contributed by atoms with Gasteiger partial charge in [0, 0.05) is 50.0 Å². The lowest BCUT2D eigenvalue weighted by Gasteiger charge is -2.32. The number of fused-ring (bicyclic) bond motifs is 5. The molecule has 3 aromatic rings. The van der Waals surface area contributed by atoms with Crippen molar-refractivity contribution >= 4 is 17.4 Å². The highest BCUT2D eigenvalue weighted by atomic mass is 32.1. The number of nitrogens with one attached hydrogen (secondary N) is 1. The van der Waals surface area contributed by atoms with Crippen molar-refractivity contribution in [1.29, 1.82) is 0 Å². The first-order valence-electron chi connectivity index (χ1n) is 11.8. The Hall–Kier alpha value is -2.81. The molecule has 2 aromatic heterocycles. The lowest BCUT2D eigenvalue weighted by molar-refractivity contribution is 0.174. The van der Waals surface area contributed by atoms with Crippen LogP contribution in [0.2, 0.25) is 0 Å². The summed E-state index contributed by atoms with van der Waals surface area (Å²) in [5.41, 5.74) is 4.87. The van der Waals surface area contributed by atoms with Crippen molar-refractivity contribution in [2.45, 2.75) is 32.0 Å². The van der Waals surface area contributed by atoms with Gasteiger partial charge in [0.15, 0.2) is 0 Å². The van der Waals surface area contributed by atoms with Crippen LogP contribution in [0.5, 0.6) is 5.75 Å². The maximum absolute atomic E-state index is 13.6. The van der Waals surface area contributed by atoms with Gasteiger partial charge in [0.2, 0.25) is 0 Å². The fraction of sp³-hybridized carbons (Fsp3) is 0.423. The Bertz CT molecular complexity index is 1150. The number of ether oxygens (including phenoxy) is 2. The van der Waals surface area contributed by atoms with E-state index in [4.69, 9.17) is 9.47 Å². The highest BCUT2D eigenvalue weighted by Gasteiger charge is 2.36. The Kier molecular flexibility index (Phi) is 6.63. The molecular weight excluding hydrogens is 448 g/mol. The van der Waals surface area contributed by atoms with E-state index < -0.39 is 0 Å². The molecule has 1 aromatic carbocycles. The van der Waals surface area contributed by atoms with Crippen molar-refractivity contribution in [3.8, 4) is 10.8 Å². The van der Waals surface area contributed by atoms with E-state index in [0.29, 0.717) is 19.7 Å². The van der Waals surface area contributed by atoms with Crippen molar-refractivity contribution in [1.82, 2.24) is 19.7 Å². The number of methoxy groups -OCH3 is 2. The highest BCUT2D eigenvalue weighted by molar-refractivity contribution is 7.15. The first kappa shape index (κ1) is 23.0. The Labute approximate surface area is 204 Å². The summed E-state index contributed by atoms with van der Waals surface area (Å²) in [6, 6.07) is 12.0. The Morgan fingerprint density at radius 3 is 2.74 bits per heavy atom. The summed E-state index contributed by atoms with van der Waals surface area (Å²) in [5.74, 6) is 0.806. The number of likely N-dealkylation sites (N-methyl/N-ethyl adjacent to an activating group) is 1. The molecule has 0 bridgehead atoms. The first-order chi connectivity index (χ1) is 16.6. The predicted octanol–water partition coefficient (Wildman–Crippen LogP) is 4.19. The number of aromatic nitrogens is 1. The molecule has 0 fully saturated rings. The summed E-state index contributed by atoms with van der Waals surface area (Å²) >= 11 is 1.87. The van der Waals surface area contributed by atoms with Gasteiger partial charge in [-0.2, -0.15) is 0 Å².